The van der Waals surface area contributed by atoms with Crippen molar-refractivity contribution in [3.8, 4) is 0 Å². The minimum absolute atomic E-state index is 0.102. The summed E-state index contributed by atoms with van der Waals surface area (Å²) in [5, 5.41) is 0. The van der Waals surface area contributed by atoms with Crippen LogP contribution in [0, 0.1) is 0 Å². The van der Waals surface area contributed by atoms with Gasteiger partial charge in [0, 0.05) is 19.3 Å². The first kappa shape index (κ1) is 70.6. The Balaban J connectivity index is 4.47. The van der Waals surface area contributed by atoms with Gasteiger partial charge in [-0.25, -0.2) is 0 Å². The summed E-state index contributed by atoms with van der Waals surface area (Å²) >= 11 is 0. The van der Waals surface area contributed by atoms with Crippen LogP contribution in [0.1, 0.15) is 310 Å². The Bertz CT molecular complexity index is 1420. The zero-order valence-electron chi connectivity index (χ0n) is 48.8. The minimum atomic E-state index is -0.810. The van der Waals surface area contributed by atoms with Gasteiger partial charge in [-0.15, -0.1) is 0 Å². The van der Waals surface area contributed by atoms with E-state index in [4.69, 9.17) is 14.2 Å². The van der Waals surface area contributed by atoms with Crippen molar-refractivity contribution in [3.05, 3.63) is 85.1 Å². The number of unbranched alkanes of at least 4 members (excludes halogenated alkanes) is 32. The van der Waals surface area contributed by atoms with Crippen molar-refractivity contribution < 1.29 is 28.6 Å². The number of rotatable bonds is 57. The highest BCUT2D eigenvalue weighted by molar-refractivity contribution is 5.71. The van der Waals surface area contributed by atoms with Crippen LogP contribution in [0.5, 0.6) is 0 Å². The van der Waals surface area contributed by atoms with Gasteiger partial charge in [0.1, 0.15) is 13.2 Å². The molecule has 426 valence electrons. The van der Waals surface area contributed by atoms with Crippen molar-refractivity contribution in [3.63, 3.8) is 0 Å². The average molecular weight is 1030 g/mol. The van der Waals surface area contributed by atoms with Crippen LogP contribution < -0.4 is 0 Å². The maximum Gasteiger partial charge on any atom is 0.306 e. The Morgan fingerprint density at radius 1 is 0.284 bits per heavy atom. The zero-order valence-corrected chi connectivity index (χ0v) is 48.8. The lowest BCUT2D eigenvalue weighted by Gasteiger charge is -2.18. The lowest BCUT2D eigenvalue weighted by atomic mass is 10.0. The van der Waals surface area contributed by atoms with Crippen molar-refractivity contribution in [2.75, 3.05) is 13.2 Å². The van der Waals surface area contributed by atoms with Crippen LogP contribution in [0.3, 0.4) is 0 Å². The standard InChI is InChI=1S/C68H118O6/c1-4-7-10-13-16-19-22-25-28-31-34-37-40-43-46-49-52-55-58-61-67(70)73-64-65(63-72-66(69)60-57-54-51-48-45-42-39-36-33-30-27-24-21-18-15-12-9-6-3)74-68(71)62-59-56-53-50-47-44-41-38-35-32-29-26-23-20-17-14-11-8-5-2/h7,10,16,19,25,28,34,36-37,39,43,46,52,55,65H,4-6,8-9,11-15,17-18,20-24,26-27,29-33,35,38,40-42,44-45,47-51,53-54,56-64H2,1-3H3/b10-7-,19-16-,28-25-,37-34-,39-36-,46-43-,55-52-. The van der Waals surface area contributed by atoms with Crippen molar-refractivity contribution in [2.45, 2.75) is 316 Å². The number of esters is 3. The SMILES string of the molecule is CC/C=C\C/C=C\C/C=C\C/C=C\C/C=C\C/C=C\CCC(=O)OCC(COC(=O)CCCCCCC/C=C\CCCCCCCCCCC)OC(=O)CCCCCCCCCCCCCCCCCCCCC. The zero-order chi connectivity index (χ0) is 53.6. The molecule has 0 fully saturated rings. The van der Waals surface area contributed by atoms with E-state index in [1.54, 1.807) is 0 Å². The third-order valence-corrected chi connectivity index (χ3v) is 13.6. The fourth-order valence-corrected chi connectivity index (χ4v) is 8.94. The van der Waals surface area contributed by atoms with Gasteiger partial charge in [-0.05, 0) is 83.5 Å². The third kappa shape index (κ3) is 59.5. The van der Waals surface area contributed by atoms with Crippen molar-refractivity contribution >= 4 is 17.9 Å². The van der Waals surface area contributed by atoms with E-state index in [0.717, 1.165) is 83.5 Å². The fourth-order valence-electron chi connectivity index (χ4n) is 8.94. The molecular weight excluding hydrogens is 913 g/mol. The van der Waals surface area contributed by atoms with E-state index in [0.29, 0.717) is 19.3 Å². The average Bonchev–Trinajstić information content (AvgIpc) is 3.40. The third-order valence-electron chi connectivity index (χ3n) is 13.6. The highest BCUT2D eigenvalue weighted by Crippen LogP contribution is 2.17. The van der Waals surface area contributed by atoms with Gasteiger partial charge < -0.3 is 14.2 Å². The molecule has 74 heavy (non-hydrogen) atoms. The molecule has 6 heteroatoms. The van der Waals surface area contributed by atoms with Gasteiger partial charge in [-0.3, -0.25) is 14.4 Å². The molecule has 0 aromatic rings. The second-order valence-corrected chi connectivity index (χ2v) is 20.9. The Morgan fingerprint density at radius 3 is 0.905 bits per heavy atom. The summed E-state index contributed by atoms with van der Waals surface area (Å²) in [6.07, 6.45) is 81.7. The molecule has 1 atom stereocenters. The molecule has 1 unspecified atom stereocenters. The molecule has 0 spiro atoms. The highest BCUT2D eigenvalue weighted by Gasteiger charge is 2.19. The van der Waals surface area contributed by atoms with Crippen LogP contribution in [-0.2, 0) is 28.6 Å². The van der Waals surface area contributed by atoms with Gasteiger partial charge in [-0.2, -0.15) is 0 Å². The quantitative estimate of drug-likeness (QED) is 0.0261. The smallest absolute Gasteiger partial charge is 0.306 e. The summed E-state index contributed by atoms with van der Waals surface area (Å²) in [5.74, 6) is -0.983. The van der Waals surface area contributed by atoms with Gasteiger partial charge >= 0.3 is 17.9 Å². The summed E-state index contributed by atoms with van der Waals surface area (Å²) < 4.78 is 16.9. The van der Waals surface area contributed by atoms with Gasteiger partial charge in [0.05, 0.1) is 0 Å². The summed E-state index contributed by atoms with van der Waals surface area (Å²) in [7, 11) is 0. The molecule has 0 N–H and O–H groups in total. The van der Waals surface area contributed by atoms with Crippen LogP contribution in [-0.4, -0.2) is 37.2 Å². The predicted octanol–water partition coefficient (Wildman–Crippen LogP) is 21.5. The maximum absolute atomic E-state index is 12.9. The molecule has 0 aromatic heterocycles. The number of carbonyl (C=O) groups is 3. The molecule has 0 aliphatic rings. The van der Waals surface area contributed by atoms with Crippen molar-refractivity contribution in [1.82, 2.24) is 0 Å². The number of hydrogen-bond donors (Lipinski definition) is 0. The van der Waals surface area contributed by atoms with Gasteiger partial charge in [0.15, 0.2) is 6.10 Å². The number of allylic oxidation sites excluding steroid dienone is 14. The van der Waals surface area contributed by atoms with Crippen LogP contribution in [0.2, 0.25) is 0 Å². The van der Waals surface area contributed by atoms with E-state index in [9.17, 15) is 14.4 Å². The first-order chi connectivity index (χ1) is 36.5. The summed E-state index contributed by atoms with van der Waals surface area (Å²) in [5.41, 5.74) is 0. The highest BCUT2D eigenvalue weighted by atomic mass is 16.6. The fraction of sp³-hybridized carbons (Fsp3) is 0.750. The van der Waals surface area contributed by atoms with E-state index in [-0.39, 0.29) is 37.5 Å². The Kier molecular flexibility index (Phi) is 59.3. The normalized spacial score (nSPS) is 12.6. The Hall–Kier alpha value is -3.41. The molecule has 0 bridgehead atoms. The second kappa shape index (κ2) is 62.1. The lowest BCUT2D eigenvalue weighted by molar-refractivity contribution is -0.166. The first-order valence-corrected chi connectivity index (χ1v) is 31.6. The molecule has 0 saturated carbocycles. The van der Waals surface area contributed by atoms with E-state index < -0.39 is 6.10 Å². The monoisotopic (exact) mass is 1030 g/mol. The molecule has 0 saturated heterocycles. The van der Waals surface area contributed by atoms with Crippen LogP contribution >= 0.6 is 0 Å². The van der Waals surface area contributed by atoms with Crippen molar-refractivity contribution in [2.24, 2.45) is 0 Å². The molecule has 0 aromatic carbocycles. The largest absolute Gasteiger partial charge is 0.462 e. The van der Waals surface area contributed by atoms with E-state index in [1.165, 1.54) is 180 Å². The molecule has 0 amide bonds. The van der Waals surface area contributed by atoms with E-state index in [1.807, 2.05) is 6.08 Å². The molecular formula is C68H118O6. The van der Waals surface area contributed by atoms with Gasteiger partial charge in [-0.1, -0.05) is 292 Å². The van der Waals surface area contributed by atoms with E-state index >= 15 is 0 Å². The summed E-state index contributed by atoms with van der Waals surface area (Å²) in [6, 6.07) is 0. The number of ether oxygens (including phenoxy) is 3. The van der Waals surface area contributed by atoms with Gasteiger partial charge in [0.2, 0.25) is 0 Å². The molecule has 0 rings (SSSR count). The number of carbonyl (C=O) groups excluding carboxylic acids is 3. The topological polar surface area (TPSA) is 78.9 Å². The molecule has 0 radical (unpaired) electrons. The molecule has 0 aliphatic carbocycles. The lowest BCUT2D eigenvalue weighted by Crippen LogP contribution is -2.30. The number of hydrogen-bond acceptors (Lipinski definition) is 6. The van der Waals surface area contributed by atoms with Crippen molar-refractivity contribution in [1.29, 1.82) is 0 Å². The Labute approximate surface area is 458 Å². The molecule has 6 nitrogen and oxygen atoms in total. The Morgan fingerprint density at radius 2 is 0.554 bits per heavy atom. The first-order valence-electron chi connectivity index (χ1n) is 31.6. The summed E-state index contributed by atoms with van der Waals surface area (Å²) in [4.78, 5) is 38.3. The van der Waals surface area contributed by atoms with Crippen LogP contribution in [0.25, 0.3) is 0 Å². The second-order valence-electron chi connectivity index (χ2n) is 20.9. The van der Waals surface area contributed by atoms with Gasteiger partial charge in [0.25, 0.3) is 0 Å². The molecule has 0 heterocycles. The van der Waals surface area contributed by atoms with Crippen LogP contribution in [0.4, 0.5) is 0 Å². The predicted molar refractivity (Wildman–Crippen MR) is 321 cm³/mol. The maximum atomic E-state index is 12.9. The summed E-state index contributed by atoms with van der Waals surface area (Å²) in [6.45, 7) is 6.49. The van der Waals surface area contributed by atoms with E-state index in [2.05, 4.69) is 99.8 Å². The molecule has 0 aliphatic heterocycles. The van der Waals surface area contributed by atoms with Crippen LogP contribution in [0.15, 0.2) is 85.1 Å². The minimum Gasteiger partial charge on any atom is -0.462 e.